The van der Waals surface area contributed by atoms with Crippen molar-refractivity contribution in [2.45, 2.75) is 31.1 Å². The second-order valence-corrected chi connectivity index (χ2v) is 8.32. The second-order valence-electron chi connectivity index (χ2n) is 6.20. The van der Waals surface area contributed by atoms with E-state index in [0.29, 0.717) is 23.3 Å². The molecule has 6 nitrogen and oxygen atoms in total. The molecule has 0 radical (unpaired) electrons. The highest BCUT2D eigenvalue weighted by Gasteiger charge is 2.29. The lowest BCUT2D eigenvalue weighted by Crippen LogP contribution is -2.43. The number of guanidine groups is 1. The van der Waals surface area contributed by atoms with Crippen LogP contribution in [0.5, 0.6) is 0 Å². The molecule has 0 aliphatic carbocycles. The predicted octanol–water partition coefficient (Wildman–Crippen LogP) is 3.34. The monoisotopic (exact) mass is 379 g/mol. The highest BCUT2D eigenvalue weighted by atomic mass is 35.5. The molecule has 2 N–H and O–H groups in total. The second kappa shape index (κ2) is 8.10. The summed E-state index contributed by atoms with van der Waals surface area (Å²) in [5.41, 5.74) is 0.869. The van der Waals surface area contributed by atoms with Crippen LogP contribution in [-0.4, -0.2) is 40.2 Å². The number of benzene rings is 1. The number of hydrogen-bond donors (Lipinski definition) is 2. The summed E-state index contributed by atoms with van der Waals surface area (Å²) in [6.07, 6.45) is 2.51. The van der Waals surface area contributed by atoms with Gasteiger partial charge in [-0.05, 0) is 49.8 Å². The van der Waals surface area contributed by atoms with Crippen molar-refractivity contribution in [1.29, 1.82) is 0 Å². The average molecular weight is 380 g/mol. The Morgan fingerprint density at radius 1 is 1.36 bits per heavy atom. The molecule has 2 heterocycles. The molecular weight excluding hydrogens is 358 g/mol. The standard InChI is InChI=1S/C17H22ClN5OS/c1-17(8-3-9-25-17)11-21-16(19-2)20-10-14-22-15(23-24-14)12-4-6-13(18)7-5-12/h4-7H,3,8-11H2,1-2H3,(H2,19,20,21). The first-order valence-electron chi connectivity index (χ1n) is 8.25. The molecule has 134 valence electrons. The van der Waals surface area contributed by atoms with Crippen molar-refractivity contribution in [1.82, 2.24) is 20.8 Å². The Morgan fingerprint density at radius 3 is 2.84 bits per heavy atom. The number of aliphatic imine (C=N–C) groups is 1. The summed E-state index contributed by atoms with van der Waals surface area (Å²) in [6.45, 7) is 3.60. The third kappa shape index (κ3) is 4.89. The van der Waals surface area contributed by atoms with Crippen molar-refractivity contribution < 1.29 is 4.52 Å². The Labute approximate surface area is 156 Å². The number of rotatable bonds is 5. The van der Waals surface area contributed by atoms with Gasteiger partial charge < -0.3 is 15.2 Å². The van der Waals surface area contributed by atoms with Gasteiger partial charge in [0.05, 0.1) is 6.54 Å². The summed E-state index contributed by atoms with van der Waals surface area (Å²) in [4.78, 5) is 8.65. The molecule has 1 saturated heterocycles. The zero-order valence-corrected chi connectivity index (χ0v) is 16.0. The smallest absolute Gasteiger partial charge is 0.246 e. The number of nitrogens with zero attached hydrogens (tertiary/aromatic N) is 3. The molecule has 1 aliphatic rings. The lowest BCUT2D eigenvalue weighted by atomic mass is 10.1. The minimum absolute atomic E-state index is 0.282. The van der Waals surface area contributed by atoms with Crippen LogP contribution in [0.2, 0.25) is 5.02 Å². The van der Waals surface area contributed by atoms with Crippen LogP contribution in [0.4, 0.5) is 0 Å². The van der Waals surface area contributed by atoms with Gasteiger partial charge in [0.15, 0.2) is 5.96 Å². The minimum Gasteiger partial charge on any atom is -0.355 e. The first kappa shape index (κ1) is 18.1. The van der Waals surface area contributed by atoms with Crippen molar-refractivity contribution in [3.05, 3.63) is 35.2 Å². The van der Waals surface area contributed by atoms with E-state index in [4.69, 9.17) is 16.1 Å². The lowest BCUT2D eigenvalue weighted by Gasteiger charge is -2.24. The Bertz CT molecular complexity index is 725. The van der Waals surface area contributed by atoms with E-state index in [9.17, 15) is 0 Å². The molecule has 1 unspecified atom stereocenters. The first-order valence-corrected chi connectivity index (χ1v) is 9.61. The number of halogens is 1. The highest BCUT2D eigenvalue weighted by Crippen LogP contribution is 2.36. The van der Waals surface area contributed by atoms with Crippen LogP contribution in [0.3, 0.4) is 0 Å². The molecular formula is C17H22ClN5OS. The number of thioether (sulfide) groups is 1. The summed E-state index contributed by atoms with van der Waals surface area (Å²) in [6, 6.07) is 7.34. The summed E-state index contributed by atoms with van der Waals surface area (Å²) >= 11 is 7.91. The summed E-state index contributed by atoms with van der Waals surface area (Å²) in [7, 11) is 1.76. The topological polar surface area (TPSA) is 75.3 Å². The molecule has 25 heavy (non-hydrogen) atoms. The normalized spacial score (nSPS) is 20.7. The molecule has 3 rings (SSSR count). The van der Waals surface area contributed by atoms with Crippen LogP contribution in [0.15, 0.2) is 33.8 Å². The highest BCUT2D eigenvalue weighted by molar-refractivity contribution is 8.00. The Hall–Kier alpha value is -1.73. The van der Waals surface area contributed by atoms with E-state index >= 15 is 0 Å². The molecule has 0 spiro atoms. The van der Waals surface area contributed by atoms with Crippen LogP contribution < -0.4 is 10.6 Å². The number of hydrogen-bond acceptors (Lipinski definition) is 5. The van der Waals surface area contributed by atoms with Crippen LogP contribution in [0.25, 0.3) is 11.4 Å². The van der Waals surface area contributed by atoms with Gasteiger partial charge in [-0.3, -0.25) is 4.99 Å². The minimum atomic E-state index is 0.282. The zero-order valence-electron chi connectivity index (χ0n) is 14.4. The summed E-state index contributed by atoms with van der Waals surface area (Å²) in [5.74, 6) is 3.03. The molecule has 0 amide bonds. The zero-order chi connectivity index (χ0) is 17.7. The maximum absolute atomic E-state index is 5.90. The van der Waals surface area contributed by atoms with Gasteiger partial charge in [0.25, 0.3) is 0 Å². The van der Waals surface area contributed by atoms with Gasteiger partial charge in [-0.2, -0.15) is 16.7 Å². The predicted molar refractivity (Wildman–Crippen MR) is 103 cm³/mol. The largest absolute Gasteiger partial charge is 0.355 e. The van der Waals surface area contributed by atoms with E-state index in [1.165, 1.54) is 18.6 Å². The summed E-state index contributed by atoms with van der Waals surface area (Å²) < 4.78 is 5.58. The van der Waals surface area contributed by atoms with E-state index in [0.717, 1.165) is 18.1 Å². The van der Waals surface area contributed by atoms with Crippen molar-refractivity contribution >= 4 is 29.3 Å². The van der Waals surface area contributed by atoms with Gasteiger partial charge >= 0.3 is 0 Å². The number of nitrogens with one attached hydrogen (secondary N) is 2. The summed E-state index contributed by atoms with van der Waals surface area (Å²) in [5, 5.41) is 11.3. The van der Waals surface area contributed by atoms with Crippen LogP contribution in [0.1, 0.15) is 25.7 Å². The van der Waals surface area contributed by atoms with E-state index in [1.54, 1.807) is 19.2 Å². The Morgan fingerprint density at radius 2 is 2.16 bits per heavy atom. The molecule has 1 atom stereocenters. The van der Waals surface area contributed by atoms with Crippen LogP contribution >= 0.6 is 23.4 Å². The van der Waals surface area contributed by atoms with Crippen LogP contribution in [-0.2, 0) is 6.54 Å². The Kier molecular flexibility index (Phi) is 5.86. The molecule has 0 bridgehead atoms. The van der Waals surface area contributed by atoms with Crippen molar-refractivity contribution in [2.75, 3.05) is 19.3 Å². The van der Waals surface area contributed by atoms with Gasteiger partial charge in [0.1, 0.15) is 0 Å². The van der Waals surface area contributed by atoms with Crippen LogP contribution in [0, 0.1) is 0 Å². The fourth-order valence-electron chi connectivity index (χ4n) is 2.67. The van der Waals surface area contributed by atoms with Gasteiger partial charge in [-0.1, -0.05) is 16.8 Å². The average Bonchev–Trinajstić information content (AvgIpc) is 3.25. The van der Waals surface area contributed by atoms with E-state index in [2.05, 4.69) is 32.7 Å². The first-order chi connectivity index (χ1) is 12.1. The van der Waals surface area contributed by atoms with Crippen molar-refractivity contribution in [2.24, 2.45) is 4.99 Å². The maximum atomic E-state index is 5.90. The van der Waals surface area contributed by atoms with Gasteiger partial charge in [0.2, 0.25) is 11.7 Å². The molecule has 1 aromatic heterocycles. The SMILES string of the molecule is CN=C(NCc1nc(-c2ccc(Cl)cc2)no1)NCC1(C)CCCS1. The van der Waals surface area contributed by atoms with E-state index in [-0.39, 0.29) is 4.75 Å². The molecule has 2 aromatic rings. The van der Waals surface area contributed by atoms with E-state index < -0.39 is 0 Å². The molecule has 1 fully saturated rings. The third-order valence-electron chi connectivity index (χ3n) is 4.13. The molecule has 8 heteroatoms. The van der Waals surface area contributed by atoms with E-state index in [1.807, 2.05) is 23.9 Å². The van der Waals surface area contributed by atoms with Gasteiger partial charge in [-0.25, -0.2) is 0 Å². The fourth-order valence-corrected chi connectivity index (χ4v) is 4.04. The molecule has 1 aliphatic heterocycles. The maximum Gasteiger partial charge on any atom is 0.246 e. The Balaban J connectivity index is 1.53. The molecule has 0 saturated carbocycles. The van der Waals surface area contributed by atoms with Crippen molar-refractivity contribution in [3.63, 3.8) is 0 Å². The van der Waals surface area contributed by atoms with Gasteiger partial charge in [-0.15, -0.1) is 0 Å². The molecule has 1 aromatic carbocycles. The quantitative estimate of drug-likeness (QED) is 0.613. The fraction of sp³-hybridized carbons (Fsp3) is 0.471. The lowest BCUT2D eigenvalue weighted by molar-refractivity contribution is 0.375. The van der Waals surface area contributed by atoms with Gasteiger partial charge in [0, 0.05) is 28.9 Å². The number of aromatic nitrogens is 2. The van der Waals surface area contributed by atoms with Crippen molar-refractivity contribution in [3.8, 4) is 11.4 Å². The third-order valence-corrected chi connectivity index (χ3v) is 5.92.